The van der Waals surface area contributed by atoms with Gasteiger partial charge in [-0.15, -0.1) is 0 Å². The van der Waals surface area contributed by atoms with Gasteiger partial charge in [-0.25, -0.2) is 17.8 Å². The zero-order valence-corrected chi connectivity index (χ0v) is 12.0. The maximum atomic E-state index is 13.3. The highest BCUT2D eigenvalue weighted by molar-refractivity contribution is 7.92. The summed E-state index contributed by atoms with van der Waals surface area (Å²) in [6.07, 6.45) is 1.50. The summed E-state index contributed by atoms with van der Waals surface area (Å²) >= 11 is 5.82. The highest BCUT2D eigenvalue weighted by Gasteiger charge is 2.20. The molecule has 2 aromatic rings. The van der Waals surface area contributed by atoms with Crippen LogP contribution in [0, 0.1) is 12.7 Å². The van der Waals surface area contributed by atoms with Crippen LogP contribution in [0.1, 0.15) is 5.56 Å². The van der Waals surface area contributed by atoms with E-state index in [-0.39, 0.29) is 15.7 Å². The number of para-hydroxylation sites is 1. The smallest absolute Gasteiger partial charge is 0.264 e. The molecule has 0 spiro atoms. The number of aryl methyl sites for hydroxylation is 1. The lowest BCUT2D eigenvalue weighted by atomic mass is 10.3. The molecule has 0 saturated carbocycles. The van der Waals surface area contributed by atoms with Gasteiger partial charge in [0.1, 0.15) is 10.7 Å². The van der Waals surface area contributed by atoms with Crippen molar-refractivity contribution in [3.63, 3.8) is 0 Å². The molecule has 0 radical (unpaired) electrons. The lowest BCUT2D eigenvalue weighted by Gasteiger charge is -2.11. The van der Waals surface area contributed by atoms with Gasteiger partial charge >= 0.3 is 0 Å². The molecule has 1 heterocycles. The van der Waals surface area contributed by atoms with Gasteiger partial charge in [0.05, 0.1) is 11.4 Å². The number of nitrogens with one attached hydrogen (secondary N) is 1. The first kappa shape index (κ1) is 14.5. The van der Waals surface area contributed by atoms with Crippen LogP contribution >= 0.6 is 11.6 Å². The Balaban J connectivity index is 2.46. The maximum Gasteiger partial charge on any atom is 0.264 e. The minimum absolute atomic E-state index is 0.00542. The Morgan fingerprint density at radius 3 is 2.80 bits per heavy atom. The fourth-order valence-electron chi connectivity index (χ4n) is 1.58. The second-order valence-electron chi connectivity index (χ2n) is 4.11. The predicted octanol–water partition coefficient (Wildman–Crippen LogP) is 2.57. The molecule has 1 aromatic carbocycles. The molecule has 1 aromatic heterocycles. The zero-order chi connectivity index (χ0) is 14.9. The molecule has 0 saturated heterocycles. The topological polar surface area (TPSA) is 85.1 Å². The molecule has 3 N–H and O–H groups in total. The number of aromatic nitrogens is 1. The van der Waals surface area contributed by atoms with Crippen LogP contribution in [0.15, 0.2) is 35.4 Å². The highest BCUT2D eigenvalue weighted by atomic mass is 35.5. The molecule has 0 aliphatic carbocycles. The average Bonchev–Trinajstić information content (AvgIpc) is 2.36. The second-order valence-corrected chi connectivity index (χ2v) is 6.12. The Hall–Kier alpha value is -1.86. The Labute approximate surface area is 120 Å². The van der Waals surface area contributed by atoms with E-state index in [4.69, 9.17) is 17.3 Å². The number of nitrogens with zero attached hydrogens (tertiary/aromatic N) is 1. The van der Waals surface area contributed by atoms with Gasteiger partial charge in [0.2, 0.25) is 0 Å². The van der Waals surface area contributed by atoms with Crippen molar-refractivity contribution in [2.24, 2.45) is 0 Å². The Morgan fingerprint density at radius 2 is 2.10 bits per heavy atom. The third-order valence-corrected chi connectivity index (χ3v) is 4.25. The molecule has 0 amide bonds. The Morgan fingerprint density at radius 1 is 1.40 bits per heavy atom. The van der Waals surface area contributed by atoms with E-state index in [1.54, 1.807) is 6.92 Å². The van der Waals surface area contributed by atoms with Crippen LogP contribution in [0.4, 0.5) is 15.8 Å². The number of rotatable bonds is 3. The first-order chi connectivity index (χ1) is 9.31. The Bertz CT molecular complexity index is 765. The number of nitrogens with two attached hydrogens (primary N) is 1. The van der Waals surface area contributed by atoms with Crippen molar-refractivity contribution in [2.75, 3.05) is 10.5 Å². The van der Waals surface area contributed by atoms with Gasteiger partial charge < -0.3 is 5.73 Å². The monoisotopic (exact) mass is 315 g/mol. The van der Waals surface area contributed by atoms with Crippen molar-refractivity contribution < 1.29 is 12.8 Å². The van der Waals surface area contributed by atoms with E-state index in [0.717, 1.165) is 11.6 Å². The number of hydrogen-bond acceptors (Lipinski definition) is 4. The molecule has 0 aliphatic rings. The number of pyridine rings is 1. The van der Waals surface area contributed by atoms with Gasteiger partial charge in [0.15, 0.2) is 5.15 Å². The van der Waals surface area contributed by atoms with Crippen molar-refractivity contribution in [1.82, 2.24) is 4.98 Å². The van der Waals surface area contributed by atoms with E-state index >= 15 is 0 Å². The lowest BCUT2D eigenvalue weighted by Crippen LogP contribution is -2.16. The van der Waals surface area contributed by atoms with E-state index < -0.39 is 21.5 Å². The van der Waals surface area contributed by atoms with Crippen molar-refractivity contribution in [1.29, 1.82) is 0 Å². The molecule has 20 heavy (non-hydrogen) atoms. The van der Waals surface area contributed by atoms with Crippen LogP contribution in [0.3, 0.4) is 0 Å². The minimum atomic E-state index is -4.05. The summed E-state index contributed by atoms with van der Waals surface area (Å²) in [5.41, 5.74) is 5.83. The average molecular weight is 316 g/mol. The molecular weight excluding hydrogens is 305 g/mol. The first-order valence-corrected chi connectivity index (χ1v) is 7.36. The van der Waals surface area contributed by atoms with Crippen LogP contribution in [0.2, 0.25) is 5.15 Å². The molecule has 2 rings (SSSR count). The van der Waals surface area contributed by atoms with Crippen LogP contribution in [-0.4, -0.2) is 13.4 Å². The van der Waals surface area contributed by atoms with Gasteiger partial charge in [-0.1, -0.05) is 17.7 Å². The summed E-state index contributed by atoms with van der Waals surface area (Å²) < 4.78 is 40.0. The molecule has 0 unspecified atom stereocenters. The van der Waals surface area contributed by atoms with Gasteiger partial charge in [0.25, 0.3) is 10.0 Å². The van der Waals surface area contributed by atoms with Crippen LogP contribution in [0.25, 0.3) is 0 Å². The largest absolute Gasteiger partial charge is 0.395 e. The number of anilines is 2. The summed E-state index contributed by atoms with van der Waals surface area (Å²) in [6, 6.07) is 5.06. The normalized spacial score (nSPS) is 11.3. The summed E-state index contributed by atoms with van der Waals surface area (Å²) in [7, 11) is -4.05. The first-order valence-electron chi connectivity index (χ1n) is 5.50. The van der Waals surface area contributed by atoms with Crippen molar-refractivity contribution in [3.05, 3.63) is 47.0 Å². The lowest BCUT2D eigenvalue weighted by molar-refractivity contribution is 0.597. The SMILES string of the molecule is Cc1cnc(Cl)c(NS(=O)(=O)c2cccc(F)c2N)c1. The summed E-state index contributed by atoms with van der Waals surface area (Å²) in [4.78, 5) is 3.48. The van der Waals surface area contributed by atoms with E-state index in [0.29, 0.717) is 0 Å². The standard InChI is InChI=1S/C12H11ClFN3O2S/c1-7-5-9(12(13)16-6-7)17-20(18,19)10-4-2-3-8(14)11(10)15/h2-6,17H,15H2,1H3. The quantitative estimate of drug-likeness (QED) is 0.673. The van der Waals surface area contributed by atoms with E-state index in [1.165, 1.54) is 24.4 Å². The molecular formula is C12H11ClFN3O2S. The molecule has 0 fully saturated rings. The molecule has 5 nitrogen and oxygen atoms in total. The van der Waals surface area contributed by atoms with E-state index in [2.05, 4.69) is 9.71 Å². The summed E-state index contributed by atoms with van der Waals surface area (Å²) in [6.45, 7) is 1.73. The van der Waals surface area contributed by atoms with Crippen molar-refractivity contribution in [3.8, 4) is 0 Å². The number of halogens is 2. The van der Waals surface area contributed by atoms with Crippen LogP contribution < -0.4 is 10.5 Å². The predicted molar refractivity (Wildman–Crippen MR) is 75.6 cm³/mol. The second kappa shape index (κ2) is 5.26. The Kier molecular flexibility index (Phi) is 3.82. The van der Waals surface area contributed by atoms with Gasteiger partial charge in [-0.05, 0) is 30.7 Å². The van der Waals surface area contributed by atoms with E-state index in [9.17, 15) is 12.8 Å². The maximum absolute atomic E-state index is 13.3. The van der Waals surface area contributed by atoms with E-state index in [1.807, 2.05) is 0 Å². The van der Waals surface area contributed by atoms with Crippen molar-refractivity contribution in [2.45, 2.75) is 11.8 Å². The van der Waals surface area contributed by atoms with Gasteiger partial charge in [0, 0.05) is 6.20 Å². The number of benzene rings is 1. The van der Waals surface area contributed by atoms with Crippen molar-refractivity contribution >= 4 is 33.0 Å². The molecule has 8 heteroatoms. The third kappa shape index (κ3) is 2.83. The number of sulfonamides is 1. The van der Waals surface area contributed by atoms with Gasteiger partial charge in [-0.3, -0.25) is 4.72 Å². The third-order valence-electron chi connectivity index (χ3n) is 2.52. The summed E-state index contributed by atoms with van der Waals surface area (Å²) in [5, 5.41) is -0.00542. The molecule has 106 valence electrons. The van der Waals surface area contributed by atoms with Gasteiger partial charge in [-0.2, -0.15) is 0 Å². The molecule has 0 atom stereocenters. The fraction of sp³-hybridized carbons (Fsp3) is 0.0833. The molecule has 0 bridgehead atoms. The number of nitrogen functional groups attached to an aromatic ring is 1. The minimum Gasteiger partial charge on any atom is -0.395 e. The number of hydrogen-bond donors (Lipinski definition) is 2. The van der Waals surface area contributed by atoms with Crippen LogP contribution in [0.5, 0.6) is 0 Å². The molecule has 0 aliphatic heterocycles. The highest BCUT2D eigenvalue weighted by Crippen LogP contribution is 2.26. The summed E-state index contributed by atoms with van der Waals surface area (Å²) in [5.74, 6) is -0.804. The fourth-order valence-corrected chi connectivity index (χ4v) is 2.98. The van der Waals surface area contributed by atoms with Crippen LogP contribution in [-0.2, 0) is 10.0 Å². The zero-order valence-electron chi connectivity index (χ0n) is 10.4.